The van der Waals surface area contributed by atoms with Gasteiger partial charge in [0.1, 0.15) is 11.4 Å². The Balaban J connectivity index is 1.55. The number of carbonyl (C=O) groups excluding carboxylic acids is 2. The summed E-state index contributed by atoms with van der Waals surface area (Å²) in [4.78, 5) is 34.7. The van der Waals surface area contributed by atoms with Gasteiger partial charge in [0, 0.05) is 51.4 Å². The van der Waals surface area contributed by atoms with Gasteiger partial charge in [-0.1, -0.05) is 0 Å². The molecule has 1 fully saturated rings. The summed E-state index contributed by atoms with van der Waals surface area (Å²) in [5.74, 6) is 0.696. The van der Waals surface area contributed by atoms with Crippen LogP contribution in [0.1, 0.15) is 25.6 Å². The van der Waals surface area contributed by atoms with Crippen LogP contribution in [-0.2, 0) is 26.5 Å². The van der Waals surface area contributed by atoms with Gasteiger partial charge in [-0.3, -0.25) is 14.6 Å². The van der Waals surface area contributed by atoms with E-state index in [1.165, 1.54) is 0 Å². The van der Waals surface area contributed by atoms with Crippen molar-refractivity contribution in [3.63, 3.8) is 0 Å². The molecule has 2 aliphatic rings. The lowest BCUT2D eigenvalue weighted by atomic mass is 9.88. The van der Waals surface area contributed by atoms with Crippen molar-refractivity contribution in [3.05, 3.63) is 42.7 Å². The highest BCUT2D eigenvalue weighted by Crippen LogP contribution is 2.40. The number of aromatic nitrogens is 3. The topological polar surface area (TPSA) is 89.4 Å². The zero-order valence-corrected chi connectivity index (χ0v) is 14.6. The number of nitrogens with zero attached hydrogens (tertiary/aromatic N) is 4. The molecule has 2 aliphatic heterocycles. The molecule has 0 saturated carbocycles. The van der Waals surface area contributed by atoms with Crippen LogP contribution in [0.4, 0.5) is 5.69 Å². The van der Waals surface area contributed by atoms with Crippen LogP contribution in [-0.4, -0.2) is 50.4 Å². The van der Waals surface area contributed by atoms with Crippen LogP contribution in [0.3, 0.4) is 0 Å². The van der Waals surface area contributed by atoms with E-state index in [4.69, 9.17) is 4.74 Å². The Hall–Kier alpha value is -2.74. The second-order valence-corrected chi connectivity index (χ2v) is 6.74. The van der Waals surface area contributed by atoms with Gasteiger partial charge in [-0.15, -0.1) is 0 Å². The number of rotatable bonds is 2. The first-order valence-corrected chi connectivity index (χ1v) is 8.73. The number of pyridine rings is 1. The fourth-order valence-electron chi connectivity index (χ4n) is 3.72. The predicted octanol–water partition coefficient (Wildman–Crippen LogP) is 1.15. The van der Waals surface area contributed by atoms with Crippen LogP contribution < -0.4 is 5.32 Å². The van der Waals surface area contributed by atoms with Crippen molar-refractivity contribution in [3.8, 4) is 0 Å². The fourth-order valence-corrected chi connectivity index (χ4v) is 3.72. The molecule has 0 aliphatic carbocycles. The van der Waals surface area contributed by atoms with E-state index in [0.717, 1.165) is 5.82 Å². The van der Waals surface area contributed by atoms with Crippen LogP contribution in [0.15, 0.2) is 36.9 Å². The van der Waals surface area contributed by atoms with E-state index in [9.17, 15) is 9.59 Å². The van der Waals surface area contributed by atoms with Crippen molar-refractivity contribution in [1.29, 1.82) is 0 Å². The van der Waals surface area contributed by atoms with Gasteiger partial charge in [0.05, 0.1) is 18.4 Å². The Bertz CT molecular complexity index is 811. The van der Waals surface area contributed by atoms with Gasteiger partial charge >= 0.3 is 0 Å². The first-order valence-electron chi connectivity index (χ1n) is 8.73. The predicted molar refractivity (Wildman–Crippen MR) is 93.1 cm³/mol. The molecule has 136 valence electrons. The van der Waals surface area contributed by atoms with E-state index < -0.39 is 11.7 Å². The maximum atomic E-state index is 12.7. The molecule has 1 N–H and O–H groups in total. The SMILES string of the molecule is CC(=O)N1CCC2(CC1)OC(C(=O)Nc1cccnc1)Cn1ccnc12. The van der Waals surface area contributed by atoms with Crippen molar-refractivity contribution < 1.29 is 14.3 Å². The quantitative estimate of drug-likeness (QED) is 0.873. The second kappa shape index (κ2) is 6.53. The molecular formula is C18H21N5O3. The molecule has 2 aromatic heterocycles. The first-order chi connectivity index (χ1) is 12.6. The zero-order valence-electron chi connectivity index (χ0n) is 14.6. The van der Waals surface area contributed by atoms with E-state index in [1.54, 1.807) is 42.5 Å². The number of ether oxygens (including phenoxy) is 1. The van der Waals surface area contributed by atoms with Crippen LogP contribution in [0.5, 0.6) is 0 Å². The fraction of sp³-hybridized carbons (Fsp3) is 0.444. The molecule has 2 amide bonds. The Labute approximate surface area is 151 Å². The Kier molecular flexibility index (Phi) is 4.20. The summed E-state index contributed by atoms with van der Waals surface area (Å²) in [5, 5.41) is 2.86. The minimum absolute atomic E-state index is 0.0601. The molecular weight excluding hydrogens is 334 g/mol. The van der Waals surface area contributed by atoms with Crippen molar-refractivity contribution in [1.82, 2.24) is 19.4 Å². The molecule has 26 heavy (non-hydrogen) atoms. The molecule has 1 atom stereocenters. The number of imidazole rings is 1. The highest BCUT2D eigenvalue weighted by Gasteiger charge is 2.47. The van der Waals surface area contributed by atoms with Gasteiger partial charge in [-0.25, -0.2) is 4.98 Å². The van der Waals surface area contributed by atoms with Crippen molar-refractivity contribution in [2.24, 2.45) is 0 Å². The average Bonchev–Trinajstić information content (AvgIpc) is 3.12. The summed E-state index contributed by atoms with van der Waals surface area (Å²) >= 11 is 0. The Morgan fingerprint density at radius 2 is 2.12 bits per heavy atom. The molecule has 4 heterocycles. The number of piperidine rings is 1. The molecule has 0 radical (unpaired) electrons. The normalized spacial score (nSPS) is 21.3. The van der Waals surface area contributed by atoms with E-state index in [2.05, 4.69) is 15.3 Å². The number of anilines is 1. The maximum absolute atomic E-state index is 12.7. The van der Waals surface area contributed by atoms with Gasteiger partial charge in [0.25, 0.3) is 5.91 Å². The molecule has 1 saturated heterocycles. The van der Waals surface area contributed by atoms with Crippen LogP contribution in [0.25, 0.3) is 0 Å². The van der Waals surface area contributed by atoms with E-state index in [1.807, 2.05) is 10.8 Å². The summed E-state index contributed by atoms with van der Waals surface area (Å²) in [6.07, 6.45) is 7.49. The van der Waals surface area contributed by atoms with Gasteiger partial charge in [0.2, 0.25) is 5.91 Å². The molecule has 8 nitrogen and oxygen atoms in total. The number of hydrogen-bond donors (Lipinski definition) is 1. The number of carbonyl (C=O) groups is 2. The summed E-state index contributed by atoms with van der Waals surface area (Å²) < 4.78 is 8.29. The summed E-state index contributed by atoms with van der Waals surface area (Å²) in [7, 11) is 0. The van der Waals surface area contributed by atoms with Gasteiger partial charge in [-0.05, 0) is 12.1 Å². The van der Waals surface area contributed by atoms with Gasteiger partial charge in [-0.2, -0.15) is 0 Å². The lowest BCUT2D eigenvalue weighted by Crippen LogP contribution is -2.53. The average molecular weight is 355 g/mol. The number of hydrogen-bond acceptors (Lipinski definition) is 5. The van der Waals surface area contributed by atoms with E-state index in [0.29, 0.717) is 38.2 Å². The largest absolute Gasteiger partial charge is 0.352 e. The zero-order chi connectivity index (χ0) is 18.1. The van der Waals surface area contributed by atoms with Crippen molar-refractivity contribution >= 4 is 17.5 Å². The van der Waals surface area contributed by atoms with Crippen LogP contribution >= 0.6 is 0 Å². The standard InChI is InChI=1S/C18H21N5O3/c1-13(24)22-8-4-18(5-9-22)17-20-7-10-23(17)12-15(26-18)16(25)21-14-3-2-6-19-11-14/h2-3,6-7,10-11,15H,4-5,8-9,12H2,1H3,(H,21,25). The molecule has 2 aromatic rings. The lowest BCUT2D eigenvalue weighted by molar-refractivity contribution is -0.172. The molecule has 1 spiro atoms. The second-order valence-electron chi connectivity index (χ2n) is 6.74. The summed E-state index contributed by atoms with van der Waals surface area (Å²) in [5.41, 5.74) is 0.00273. The van der Waals surface area contributed by atoms with Crippen LogP contribution in [0.2, 0.25) is 0 Å². The minimum atomic E-state index is -0.634. The lowest BCUT2D eigenvalue weighted by Gasteiger charge is -2.45. The third-order valence-corrected chi connectivity index (χ3v) is 5.09. The Morgan fingerprint density at radius 1 is 1.31 bits per heavy atom. The molecule has 0 aromatic carbocycles. The highest BCUT2D eigenvalue weighted by molar-refractivity contribution is 5.94. The van der Waals surface area contributed by atoms with Gasteiger partial charge < -0.3 is 19.5 Å². The summed E-state index contributed by atoms with van der Waals surface area (Å²) in [6, 6.07) is 3.56. The third-order valence-electron chi connectivity index (χ3n) is 5.09. The minimum Gasteiger partial charge on any atom is -0.352 e. The first kappa shape index (κ1) is 16.7. The number of nitrogens with one attached hydrogen (secondary N) is 1. The molecule has 8 heteroatoms. The molecule has 1 unspecified atom stereocenters. The van der Waals surface area contributed by atoms with E-state index in [-0.39, 0.29) is 11.8 Å². The van der Waals surface area contributed by atoms with Crippen molar-refractivity contribution in [2.45, 2.75) is 38.0 Å². The number of likely N-dealkylation sites (tertiary alicyclic amines) is 1. The smallest absolute Gasteiger partial charge is 0.255 e. The van der Waals surface area contributed by atoms with Crippen LogP contribution in [0, 0.1) is 0 Å². The third kappa shape index (κ3) is 2.96. The van der Waals surface area contributed by atoms with Crippen molar-refractivity contribution in [2.75, 3.05) is 18.4 Å². The highest BCUT2D eigenvalue weighted by atomic mass is 16.5. The Morgan fingerprint density at radius 3 is 2.81 bits per heavy atom. The monoisotopic (exact) mass is 355 g/mol. The molecule has 0 bridgehead atoms. The van der Waals surface area contributed by atoms with Gasteiger partial charge in [0.15, 0.2) is 6.10 Å². The maximum Gasteiger partial charge on any atom is 0.255 e. The number of amides is 2. The molecule has 4 rings (SSSR count). The summed E-state index contributed by atoms with van der Waals surface area (Å²) in [6.45, 7) is 3.18. The number of fused-ring (bicyclic) bond motifs is 2. The van der Waals surface area contributed by atoms with E-state index >= 15 is 0 Å².